The van der Waals surface area contributed by atoms with E-state index in [1.807, 2.05) is 29.2 Å². The van der Waals surface area contributed by atoms with Crippen molar-refractivity contribution in [3.63, 3.8) is 0 Å². The number of para-hydroxylation sites is 1. The normalized spacial score (nSPS) is 27.9. The van der Waals surface area contributed by atoms with Gasteiger partial charge < -0.3 is 15.4 Å². The molecule has 1 amide bonds. The fourth-order valence-corrected chi connectivity index (χ4v) is 3.09. The van der Waals surface area contributed by atoms with Crippen LogP contribution >= 0.6 is 0 Å². The number of hydrogen-bond donors (Lipinski definition) is 1. The Morgan fingerprint density at radius 2 is 2.15 bits per heavy atom. The van der Waals surface area contributed by atoms with E-state index in [-0.39, 0.29) is 23.5 Å². The molecule has 4 heteroatoms. The Labute approximate surface area is 119 Å². The van der Waals surface area contributed by atoms with Gasteiger partial charge in [-0.3, -0.25) is 4.79 Å². The Hall–Kier alpha value is -1.55. The first-order valence-corrected chi connectivity index (χ1v) is 7.26. The molecule has 108 valence electrons. The molecule has 0 aromatic heterocycles. The van der Waals surface area contributed by atoms with Crippen molar-refractivity contribution in [2.75, 3.05) is 13.1 Å². The first-order valence-electron chi connectivity index (χ1n) is 7.26. The van der Waals surface area contributed by atoms with Crippen LogP contribution in [0.1, 0.15) is 25.8 Å². The molecule has 0 bridgehead atoms. The van der Waals surface area contributed by atoms with Gasteiger partial charge in [-0.15, -0.1) is 0 Å². The average Bonchev–Trinajstić information content (AvgIpc) is 2.84. The summed E-state index contributed by atoms with van der Waals surface area (Å²) in [6.45, 7) is 5.70. The Morgan fingerprint density at radius 1 is 1.40 bits per heavy atom. The summed E-state index contributed by atoms with van der Waals surface area (Å²) in [5, 5.41) is 0. The van der Waals surface area contributed by atoms with E-state index in [0.717, 1.165) is 24.3 Å². The first-order chi connectivity index (χ1) is 9.47. The zero-order valence-electron chi connectivity index (χ0n) is 12.1. The van der Waals surface area contributed by atoms with Gasteiger partial charge in [-0.2, -0.15) is 0 Å². The number of amides is 1. The van der Waals surface area contributed by atoms with Crippen molar-refractivity contribution < 1.29 is 9.53 Å². The minimum absolute atomic E-state index is 0.0284. The second-order valence-electron chi connectivity index (χ2n) is 6.56. The number of nitrogens with two attached hydrogens (primary N) is 1. The molecule has 0 saturated carbocycles. The third kappa shape index (κ3) is 2.29. The van der Waals surface area contributed by atoms with Crippen molar-refractivity contribution in [1.29, 1.82) is 0 Å². The Balaban J connectivity index is 1.69. The molecule has 2 aliphatic heterocycles. The third-order valence-corrected chi connectivity index (χ3v) is 4.55. The smallest absolute Gasteiger partial charge is 0.264 e. The second kappa shape index (κ2) is 4.77. The van der Waals surface area contributed by atoms with E-state index >= 15 is 0 Å². The molecule has 2 unspecified atom stereocenters. The highest BCUT2D eigenvalue weighted by atomic mass is 16.5. The highest BCUT2D eigenvalue weighted by Crippen LogP contribution is 2.32. The molecule has 1 saturated heterocycles. The van der Waals surface area contributed by atoms with Crippen LogP contribution < -0.4 is 10.5 Å². The lowest BCUT2D eigenvalue weighted by Gasteiger charge is -2.43. The van der Waals surface area contributed by atoms with E-state index in [0.29, 0.717) is 13.0 Å². The second-order valence-corrected chi connectivity index (χ2v) is 6.56. The standard InChI is InChI=1S/C16H22N2O2/c1-16(2)10-18(8-7-14(16)17)15(19)13-9-11-5-3-4-6-12(11)20-13/h3-6,13-14H,7-10,17H2,1-2H3. The quantitative estimate of drug-likeness (QED) is 0.846. The van der Waals surface area contributed by atoms with Gasteiger partial charge in [0.15, 0.2) is 6.10 Å². The summed E-state index contributed by atoms with van der Waals surface area (Å²) >= 11 is 0. The lowest BCUT2D eigenvalue weighted by atomic mass is 9.79. The van der Waals surface area contributed by atoms with E-state index in [4.69, 9.17) is 10.5 Å². The van der Waals surface area contributed by atoms with Gasteiger partial charge in [-0.25, -0.2) is 0 Å². The van der Waals surface area contributed by atoms with Crippen molar-refractivity contribution in [3.8, 4) is 5.75 Å². The van der Waals surface area contributed by atoms with Gasteiger partial charge in [-0.05, 0) is 23.5 Å². The van der Waals surface area contributed by atoms with E-state index in [2.05, 4.69) is 13.8 Å². The van der Waals surface area contributed by atoms with Crippen LogP contribution in [-0.4, -0.2) is 36.0 Å². The molecule has 0 spiro atoms. The number of rotatable bonds is 1. The molecule has 3 rings (SSSR count). The number of carbonyl (C=O) groups is 1. The van der Waals surface area contributed by atoms with Crippen molar-refractivity contribution in [2.24, 2.45) is 11.1 Å². The van der Waals surface area contributed by atoms with Crippen LogP contribution in [0.15, 0.2) is 24.3 Å². The minimum Gasteiger partial charge on any atom is -0.480 e. The minimum atomic E-state index is -0.363. The first kappa shape index (κ1) is 13.4. The van der Waals surface area contributed by atoms with E-state index in [1.165, 1.54) is 0 Å². The number of likely N-dealkylation sites (tertiary alicyclic amines) is 1. The molecular weight excluding hydrogens is 252 g/mol. The number of benzene rings is 1. The van der Waals surface area contributed by atoms with Crippen LogP contribution in [0.5, 0.6) is 5.75 Å². The van der Waals surface area contributed by atoms with E-state index in [9.17, 15) is 4.79 Å². The number of piperidine rings is 1. The summed E-state index contributed by atoms with van der Waals surface area (Å²) in [6, 6.07) is 8.04. The number of ether oxygens (including phenoxy) is 1. The van der Waals surface area contributed by atoms with Gasteiger partial charge in [0.05, 0.1) is 0 Å². The summed E-state index contributed by atoms with van der Waals surface area (Å²) in [5.74, 6) is 0.944. The molecule has 1 aromatic carbocycles. The summed E-state index contributed by atoms with van der Waals surface area (Å²) in [6.07, 6.45) is 1.17. The third-order valence-electron chi connectivity index (χ3n) is 4.55. The lowest BCUT2D eigenvalue weighted by Crippen LogP contribution is -2.56. The van der Waals surface area contributed by atoms with Gasteiger partial charge in [-0.1, -0.05) is 32.0 Å². The van der Waals surface area contributed by atoms with Crippen LogP contribution in [-0.2, 0) is 11.2 Å². The van der Waals surface area contributed by atoms with Crippen molar-refractivity contribution >= 4 is 5.91 Å². The zero-order chi connectivity index (χ0) is 14.3. The molecule has 1 fully saturated rings. The predicted octanol–water partition coefficient (Wildman–Crippen LogP) is 1.58. The highest BCUT2D eigenvalue weighted by Gasteiger charge is 2.39. The number of fused-ring (bicyclic) bond motifs is 1. The number of nitrogens with zero attached hydrogens (tertiary/aromatic N) is 1. The maximum Gasteiger partial charge on any atom is 0.264 e. The van der Waals surface area contributed by atoms with Gasteiger partial charge in [0, 0.05) is 25.6 Å². The maximum atomic E-state index is 12.6. The van der Waals surface area contributed by atoms with Crippen LogP contribution in [0.2, 0.25) is 0 Å². The molecule has 4 nitrogen and oxygen atoms in total. The van der Waals surface area contributed by atoms with Crippen molar-refractivity contribution in [3.05, 3.63) is 29.8 Å². The average molecular weight is 274 g/mol. The van der Waals surface area contributed by atoms with Crippen LogP contribution in [0.4, 0.5) is 0 Å². The van der Waals surface area contributed by atoms with Crippen LogP contribution in [0, 0.1) is 5.41 Å². The van der Waals surface area contributed by atoms with Crippen molar-refractivity contribution in [2.45, 2.75) is 38.8 Å². The number of carbonyl (C=O) groups excluding carboxylic acids is 1. The largest absolute Gasteiger partial charge is 0.480 e. The Morgan fingerprint density at radius 3 is 2.85 bits per heavy atom. The predicted molar refractivity (Wildman–Crippen MR) is 77.5 cm³/mol. The van der Waals surface area contributed by atoms with Crippen LogP contribution in [0.25, 0.3) is 0 Å². The SMILES string of the molecule is CC1(C)CN(C(=O)C2Cc3ccccc3O2)CCC1N. The molecule has 0 radical (unpaired) electrons. The molecule has 2 N–H and O–H groups in total. The highest BCUT2D eigenvalue weighted by molar-refractivity contribution is 5.82. The lowest BCUT2D eigenvalue weighted by molar-refractivity contribution is -0.141. The molecule has 20 heavy (non-hydrogen) atoms. The Bertz CT molecular complexity index is 502. The van der Waals surface area contributed by atoms with E-state index < -0.39 is 0 Å². The summed E-state index contributed by atoms with van der Waals surface area (Å²) in [4.78, 5) is 14.5. The van der Waals surface area contributed by atoms with Gasteiger partial charge >= 0.3 is 0 Å². The topological polar surface area (TPSA) is 55.6 Å². The maximum absolute atomic E-state index is 12.6. The molecule has 1 aromatic rings. The molecule has 2 atom stereocenters. The zero-order valence-corrected chi connectivity index (χ0v) is 12.1. The molecule has 2 heterocycles. The van der Waals surface area contributed by atoms with Crippen molar-refractivity contribution in [1.82, 2.24) is 4.90 Å². The van der Waals surface area contributed by atoms with Gasteiger partial charge in [0.25, 0.3) is 5.91 Å². The summed E-state index contributed by atoms with van der Waals surface area (Å²) < 4.78 is 5.79. The molecule has 2 aliphatic rings. The fraction of sp³-hybridized carbons (Fsp3) is 0.562. The Kier molecular flexibility index (Phi) is 3.21. The van der Waals surface area contributed by atoms with Gasteiger partial charge in [0.1, 0.15) is 5.75 Å². The van der Waals surface area contributed by atoms with Gasteiger partial charge in [0.2, 0.25) is 0 Å². The molecular formula is C16H22N2O2. The van der Waals surface area contributed by atoms with Crippen LogP contribution in [0.3, 0.4) is 0 Å². The monoisotopic (exact) mass is 274 g/mol. The molecule has 0 aliphatic carbocycles. The summed E-state index contributed by atoms with van der Waals surface area (Å²) in [7, 11) is 0. The van der Waals surface area contributed by atoms with E-state index in [1.54, 1.807) is 0 Å². The summed E-state index contributed by atoms with van der Waals surface area (Å²) in [5.41, 5.74) is 7.22. The fourth-order valence-electron chi connectivity index (χ4n) is 3.09. The number of hydrogen-bond acceptors (Lipinski definition) is 3.